The van der Waals surface area contributed by atoms with Crippen molar-refractivity contribution in [2.24, 2.45) is 12.9 Å². The molecule has 0 saturated heterocycles. The van der Waals surface area contributed by atoms with Crippen molar-refractivity contribution in [1.29, 1.82) is 0 Å². The van der Waals surface area contributed by atoms with Gasteiger partial charge in [0.15, 0.2) is 17.3 Å². The molecule has 3 N–H and O–H groups in total. The summed E-state index contributed by atoms with van der Waals surface area (Å²) in [6.45, 7) is 4.46. The van der Waals surface area contributed by atoms with Gasteiger partial charge in [-0.1, -0.05) is 6.92 Å². The van der Waals surface area contributed by atoms with Crippen molar-refractivity contribution in [3.63, 3.8) is 0 Å². The van der Waals surface area contributed by atoms with Gasteiger partial charge < -0.3 is 10.2 Å². The van der Waals surface area contributed by atoms with Gasteiger partial charge in [0, 0.05) is 7.05 Å². The molecule has 7 heteroatoms. The summed E-state index contributed by atoms with van der Waals surface area (Å²) in [7, 11) is 1.83. The number of hydrazine groups is 1. The van der Waals surface area contributed by atoms with E-state index in [1.54, 1.807) is 10.9 Å². The molecule has 0 radical (unpaired) electrons. The van der Waals surface area contributed by atoms with E-state index in [-0.39, 0.29) is 6.10 Å². The van der Waals surface area contributed by atoms with Crippen LogP contribution in [0, 0.1) is 0 Å². The number of hydrogen-bond acceptors (Lipinski definition) is 6. The van der Waals surface area contributed by atoms with Gasteiger partial charge in [-0.25, -0.2) is 15.8 Å². The minimum absolute atomic E-state index is 0.185. The summed E-state index contributed by atoms with van der Waals surface area (Å²) >= 11 is 0. The molecule has 0 spiro atoms. The fourth-order valence-electron chi connectivity index (χ4n) is 1.58. The number of rotatable bonds is 5. The quantitative estimate of drug-likeness (QED) is 0.607. The third kappa shape index (κ3) is 2.41. The third-order valence-electron chi connectivity index (χ3n) is 2.85. The van der Waals surface area contributed by atoms with Gasteiger partial charge in [0.2, 0.25) is 0 Å². The van der Waals surface area contributed by atoms with Gasteiger partial charge in [-0.2, -0.15) is 5.10 Å². The highest BCUT2D eigenvalue weighted by atomic mass is 16.5. The van der Waals surface area contributed by atoms with Crippen LogP contribution in [0.4, 0.5) is 5.82 Å². The van der Waals surface area contributed by atoms with E-state index in [0.29, 0.717) is 18.2 Å². The van der Waals surface area contributed by atoms with Crippen molar-refractivity contribution in [2.45, 2.75) is 33.0 Å². The predicted molar refractivity (Wildman–Crippen MR) is 68.7 cm³/mol. The number of nitrogens with zero attached hydrogens (tertiary/aromatic N) is 4. The second-order valence-corrected chi connectivity index (χ2v) is 4.17. The summed E-state index contributed by atoms with van der Waals surface area (Å²) in [5.41, 5.74) is 3.30. The van der Waals surface area contributed by atoms with Gasteiger partial charge >= 0.3 is 0 Å². The minimum Gasteiger partial charge on any atom is -0.371 e. The van der Waals surface area contributed by atoms with E-state index >= 15 is 0 Å². The summed E-state index contributed by atoms with van der Waals surface area (Å²) in [6.07, 6.45) is 2.82. The number of hydrogen-bond donors (Lipinski definition) is 2. The zero-order valence-corrected chi connectivity index (χ0v) is 10.8. The zero-order valence-electron chi connectivity index (χ0n) is 10.8. The predicted octanol–water partition coefficient (Wildman–Crippen LogP) is 0.964. The molecular weight excluding hydrogens is 232 g/mol. The van der Waals surface area contributed by atoms with E-state index in [2.05, 4.69) is 27.4 Å². The number of fused-ring (bicyclic) bond motifs is 1. The van der Waals surface area contributed by atoms with Crippen LogP contribution in [0.2, 0.25) is 0 Å². The maximum absolute atomic E-state index is 5.62. The first-order chi connectivity index (χ1) is 8.65. The topological polar surface area (TPSA) is 90.9 Å². The first-order valence-electron chi connectivity index (χ1n) is 5.92. The molecule has 2 aromatic rings. The molecule has 2 aromatic heterocycles. The average molecular weight is 250 g/mol. The molecule has 0 aliphatic carbocycles. The van der Waals surface area contributed by atoms with Crippen LogP contribution in [-0.2, 0) is 18.4 Å². The van der Waals surface area contributed by atoms with Gasteiger partial charge in [0.25, 0.3) is 0 Å². The Morgan fingerprint density at radius 2 is 2.28 bits per heavy atom. The number of nitrogens with one attached hydrogen (secondary N) is 1. The molecule has 0 aliphatic heterocycles. The van der Waals surface area contributed by atoms with Crippen molar-refractivity contribution < 1.29 is 4.74 Å². The number of nitrogen functional groups attached to an aromatic ring is 1. The van der Waals surface area contributed by atoms with Crippen LogP contribution in [0.25, 0.3) is 11.0 Å². The monoisotopic (exact) mass is 250 g/mol. The fourth-order valence-corrected chi connectivity index (χ4v) is 1.58. The van der Waals surface area contributed by atoms with Crippen LogP contribution >= 0.6 is 0 Å². The van der Waals surface area contributed by atoms with Gasteiger partial charge in [0.05, 0.1) is 17.7 Å². The Bertz CT molecular complexity index is 538. The smallest absolute Gasteiger partial charge is 0.163 e. The van der Waals surface area contributed by atoms with E-state index in [9.17, 15) is 0 Å². The number of aromatic nitrogens is 4. The van der Waals surface area contributed by atoms with E-state index in [0.717, 1.165) is 17.5 Å². The second-order valence-electron chi connectivity index (χ2n) is 4.17. The van der Waals surface area contributed by atoms with Crippen molar-refractivity contribution in [3.05, 3.63) is 12.0 Å². The fraction of sp³-hybridized carbons (Fsp3) is 0.545. The Balaban J connectivity index is 2.31. The highest BCUT2D eigenvalue weighted by molar-refractivity contribution is 5.86. The zero-order chi connectivity index (χ0) is 13.1. The summed E-state index contributed by atoms with van der Waals surface area (Å²) in [4.78, 5) is 8.73. The summed E-state index contributed by atoms with van der Waals surface area (Å²) in [5, 5.41) is 4.93. The van der Waals surface area contributed by atoms with E-state index in [1.807, 2.05) is 14.0 Å². The second kappa shape index (κ2) is 5.28. The lowest BCUT2D eigenvalue weighted by Gasteiger charge is -2.10. The number of ether oxygens (including phenoxy) is 1. The van der Waals surface area contributed by atoms with Gasteiger partial charge in [0.1, 0.15) is 6.61 Å². The molecular formula is C11H18N6O. The first kappa shape index (κ1) is 12.7. The molecule has 0 amide bonds. The Labute approximate surface area is 105 Å². The normalized spacial score (nSPS) is 12.9. The lowest BCUT2D eigenvalue weighted by atomic mass is 10.3. The van der Waals surface area contributed by atoms with Crippen molar-refractivity contribution in [2.75, 3.05) is 5.43 Å². The molecule has 2 rings (SSSR count). The van der Waals surface area contributed by atoms with Crippen LogP contribution in [-0.4, -0.2) is 25.9 Å². The minimum atomic E-state index is 0.185. The number of nitrogens with two attached hydrogens (primary N) is 1. The van der Waals surface area contributed by atoms with Crippen molar-refractivity contribution >= 4 is 16.9 Å². The molecule has 1 atom stereocenters. The number of aryl methyl sites for hydroxylation is 1. The number of anilines is 1. The maximum Gasteiger partial charge on any atom is 0.163 e. The lowest BCUT2D eigenvalue weighted by molar-refractivity contribution is 0.0469. The molecule has 7 nitrogen and oxygen atoms in total. The summed E-state index contributed by atoms with van der Waals surface area (Å²) < 4.78 is 7.30. The molecule has 0 fully saturated rings. The summed E-state index contributed by atoms with van der Waals surface area (Å²) in [5.74, 6) is 6.62. The molecule has 1 unspecified atom stereocenters. The Morgan fingerprint density at radius 1 is 1.50 bits per heavy atom. The molecule has 0 aliphatic rings. The molecule has 0 saturated carbocycles. The first-order valence-corrected chi connectivity index (χ1v) is 5.92. The molecule has 2 heterocycles. The SMILES string of the molecule is CCC(C)OCc1nc(NN)c2cnn(C)c2n1. The van der Waals surface area contributed by atoms with E-state index in [4.69, 9.17) is 10.6 Å². The van der Waals surface area contributed by atoms with Crippen LogP contribution in [0.5, 0.6) is 0 Å². The third-order valence-corrected chi connectivity index (χ3v) is 2.85. The highest BCUT2D eigenvalue weighted by Crippen LogP contribution is 2.18. The molecule has 0 bridgehead atoms. The molecule has 18 heavy (non-hydrogen) atoms. The average Bonchev–Trinajstić information content (AvgIpc) is 2.77. The Hall–Kier alpha value is -1.73. The van der Waals surface area contributed by atoms with Crippen molar-refractivity contribution in [1.82, 2.24) is 19.7 Å². The largest absolute Gasteiger partial charge is 0.371 e. The lowest BCUT2D eigenvalue weighted by Crippen LogP contribution is -2.13. The van der Waals surface area contributed by atoms with Crippen LogP contribution in [0.1, 0.15) is 26.1 Å². The van der Waals surface area contributed by atoms with E-state index in [1.165, 1.54) is 0 Å². The molecule has 98 valence electrons. The summed E-state index contributed by atoms with van der Waals surface area (Å²) in [6, 6.07) is 0. The van der Waals surface area contributed by atoms with Gasteiger partial charge in [-0.15, -0.1) is 0 Å². The standard InChI is InChI=1S/C11H18N6O/c1-4-7(2)18-6-9-14-10(16-12)8-5-13-17(3)11(8)15-9/h5,7H,4,6,12H2,1-3H3,(H,14,15,16). The van der Waals surface area contributed by atoms with Gasteiger partial charge in [-0.3, -0.25) is 4.68 Å². The highest BCUT2D eigenvalue weighted by Gasteiger charge is 2.11. The van der Waals surface area contributed by atoms with Crippen LogP contribution in [0.3, 0.4) is 0 Å². The van der Waals surface area contributed by atoms with Crippen LogP contribution in [0.15, 0.2) is 6.20 Å². The Morgan fingerprint density at radius 3 is 2.94 bits per heavy atom. The molecule has 0 aromatic carbocycles. The Kier molecular flexibility index (Phi) is 3.73. The van der Waals surface area contributed by atoms with Gasteiger partial charge in [-0.05, 0) is 13.3 Å². The van der Waals surface area contributed by atoms with E-state index < -0.39 is 0 Å². The van der Waals surface area contributed by atoms with Crippen LogP contribution < -0.4 is 11.3 Å². The maximum atomic E-state index is 5.62. The van der Waals surface area contributed by atoms with Crippen molar-refractivity contribution in [3.8, 4) is 0 Å².